The van der Waals surface area contributed by atoms with Gasteiger partial charge in [0.1, 0.15) is 0 Å². The van der Waals surface area contributed by atoms with Gasteiger partial charge in [0.2, 0.25) is 5.96 Å². The van der Waals surface area contributed by atoms with Gasteiger partial charge in [-0.15, -0.1) is 4.99 Å². The number of urea groups is 1. The van der Waals surface area contributed by atoms with Crippen LogP contribution in [0.25, 0.3) is 0 Å². The van der Waals surface area contributed by atoms with Gasteiger partial charge in [0.05, 0.1) is 6.61 Å². The van der Waals surface area contributed by atoms with Gasteiger partial charge < -0.3 is 15.0 Å². The zero-order valence-electron chi connectivity index (χ0n) is 15.5. The second kappa shape index (κ2) is 11.1. The zero-order chi connectivity index (χ0) is 18.7. The number of ether oxygens (including phenoxy) is 1. The van der Waals surface area contributed by atoms with Crippen LogP contribution in [0.1, 0.15) is 32.6 Å². The fraction of sp³-hybridized carbons (Fsp3) is 0.500. The molecule has 1 aromatic rings. The highest BCUT2D eigenvalue weighted by Crippen LogP contribution is 2.07. The van der Waals surface area contributed by atoms with E-state index in [0.29, 0.717) is 12.3 Å². The van der Waals surface area contributed by atoms with E-state index in [1.807, 2.05) is 18.2 Å². The monoisotopic (exact) mass is 348 g/mol. The molecule has 0 unspecified atom stereocenters. The van der Waals surface area contributed by atoms with Crippen molar-refractivity contribution in [1.82, 2.24) is 9.80 Å². The van der Waals surface area contributed by atoms with E-state index >= 15 is 0 Å². The van der Waals surface area contributed by atoms with Gasteiger partial charge in [0.15, 0.2) is 0 Å². The molecule has 0 bridgehead atoms. The summed E-state index contributed by atoms with van der Waals surface area (Å²) < 4.78 is 5.11. The smallest absolute Gasteiger partial charge is 0.436 e. The molecule has 7 heteroatoms. The number of para-hydroxylation sites is 1. The summed E-state index contributed by atoms with van der Waals surface area (Å²) in [5.41, 5.74) is 0.663. The molecule has 3 amide bonds. The number of carbonyl (C=O) groups is 2. The average Bonchev–Trinajstić information content (AvgIpc) is 2.59. The first-order valence-corrected chi connectivity index (χ1v) is 8.48. The minimum atomic E-state index is -0.695. The van der Waals surface area contributed by atoms with E-state index in [2.05, 4.69) is 17.2 Å². The van der Waals surface area contributed by atoms with Crippen molar-refractivity contribution in [2.45, 2.75) is 32.6 Å². The summed E-state index contributed by atoms with van der Waals surface area (Å²) in [7, 11) is 4.96. The fourth-order valence-corrected chi connectivity index (χ4v) is 2.10. The summed E-state index contributed by atoms with van der Waals surface area (Å²) >= 11 is 0. The highest BCUT2D eigenvalue weighted by molar-refractivity contribution is 6.04. The molecule has 25 heavy (non-hydrogen) atoms. The first-order chi connectivity index (χ1) is 12.0. The summed E-state index contributed by atoms with van der Waals surface area (Å²) in [5, 5.41) is 2.74. The Bertz CT molecular complexity index is 573. The number of amides is 3. The number of rotatable bonds is 6. The maximum atomic E-state index is 12.3. The highest BCUT2D eigenvalue weighted by Gasteiger charge is 2.19. The van der Waals surface area contributed by atoms with Crippen molar-refractivity contribution in [2.75, 3.05) is 33.1 Å². The highest BCUT2D eigenvalue weighted by atomic mass is 16.5. The van der Waals surface area contributed by atoms with Crippen LogP contribution in [0.5, 0.6) is 0 Å². The maximum absolute atomic E-state index is 12.3. The zero-order valence-corrected chi connectivity index (χ0v) is 15.5. The molecule has 1 aromatic carbocycles. The van der Waals surface area contributed by atoms with Gasteiger partial charge >= 0.3 is 12.1 Å². The molecule has 7 nitrogen and oxygen atoms in total. The third kappa shape index (κ3) is 7.69. The molecule has 138 valence electrons. The van der Waals surface area contributed by atoms with Crippen molar-refractivity contribution in [3.8, 4) is 0 Å². The van der Waals surface area contributed by atoms with Crippen molar-refractivity contribution in [1.29, 1.82) is 0 Å². The van der Waals surface area contributed by atoms with Gasteiger partial charge in [-0.2, -0.15) is 0 Å². The Morgan fingerprint density at radius 2 is 1.76 bits per heavy atom. The molecule has 0 radical (unpaired) electrons. The molecule has 0 aliphatic rings. The van der Waals surface area contributed by atoms with E-state index in [1.165, 1.54) is 4.90 Å². The number of nitrogens with zero attached hydrogens (tertiary/aromatic N) is 3. The van der Waals surface area contributed by atoms with E-state index in [0.717, 1.165) is 25.7 Å². The third-order valence-corrected chi connectivity index (χ3v) is 3.44. The molecule has 1 N–H and O–H groups in total. The van der Waals surface area contributed by atoms with Gasteiger partial charge in [-0.05, 0) is 18.6 Å². The van der Waals surface area contributed by atoms with E-state index in [9.17, 15) is 9.59 Å². The normalized spacial score (nSPS) is 11.0. The van der Waals surface area contributed by atoms with Crippen molar-refractivity contribution in [2.24, 2.45) is 4.99 Å². The fourth-order valence-electron chi connectivity index (χ4n) is 2.10. The minimum absolute atomic E-state index is 0.201. The number of hydrogen-bond donors (Lipinski definition) is 1. The number of aliphatic imine (C=N–C) groups is 1. The van der Waals surface area contributed by atoms with Crippen molar-refractivity contribution in [3.05, 3.63) is 30.3 Å². The number of carbonyl (C=O) groups excluding carboxylic acids is 2. The molecule has 0 aliphatic carbocycles. The second-order valence-corrected chi connectivity index (χ2v) is 5.84. The molecule has 0 aromatic heterocycles. The molecule has 1 rings (SSSR count). The van der Waals surface area contributed by atoms with Crippen molar-refractivity contribution in [3.63, 3.8) is 0 Å². The lowest BCUT2D eigenvalue weighted by atomic mass is 10.2. The van der Waals surface area contributed by atoms with Crippen LogP contribution in [-0.4, -0.2) is 55.6 Å². The van der Waals surface area contributed by atoms with E-state index in [4.69, 9.17) is 4.74 Å². The Balaban J connectivity index is 2.64. The summed E-state index contributed by atoms with van der Waals surface area (Å²) in [6.45, 7) is 2.46. The Morgan fingerprint density at radius 1 is 1.08 bits per heavy atom. The number of benzene rings is 1. The maximum Gasteiger partial charge on any atom is 0.436 e. The van der Waals surface area contributed by atoms with Crippen LogP contribution in [0.15, 0.2) is 35.3 Å². The number of hydrogen-bond acceptors (Lipinski definition) is 3. The van der Waals surface area contributed by atoms with Crippen LogP contribution in [0.2, 0.25) is 0 Å². The quantitative estimate of drug-likeness (QED) is 0.482. The van der Waals surface area contributed by atoms with Crippen molar-refractivity contribution < 1.29 is 14.3 Å². The lowest BCUT2D eigenvalue weighted by Crippen LogP contribution is -2.44. The molecule has 0 saturated heterocycles. The van der Waals surface area contributed by atoms with Crippen LogP contribution in [0, 0.1) is 0 Å². The predicted octanol–water partition coefficient (Wildman–Crippen LogP) is 3.78. The largest absolute Gasteiger partial charge is 0.448 e. The second-order valence-electron chi connectivity index (χ2n) is 5.84. The Hall–Kier alpha value is -2.57. The number of unbranched alkanes of at least 4 members (excludes halogenated alkanes) is 3. The SMILES string of the molecule is CCCCCCOC(=O)/N=C(/N(C)C)N(C)C(=O)Nc1ccccc1. The van der Waals surface area contributed by atoms with Gasteiger partial charge in [0.25, 0.3) is 0 Å². The van der Waals surface area contributed by atoms with E-state index in [-0.39, 0.29) is 5.96 Å². The lowest BCUT2D eigenvalue weighted by Gasteiger charge is -2.24. The van der Waals surface area contributed by atoms with Crippen LogP contribution >= 0.6 is 0 Å². The van der Waals surface area contributed by atoms with Gasteiger partial charge in [-0.3, -0.25) is 4.90 Å². The summed E-state index contributed by atoms with van der Waals surface area (Å²) in [6, 6.07) is 8.68. The number of guanidine groups is 1. The van der Waals surface area contributed by atoms with E-state index in [1.54, 1.807) is 38.2 Å². The Kier molecular flexibility index (Phi) is 9.06. The van der Waals surface area contributed by atoms with E-state index < -0.39 is 12.1 Å². The molecule has 0 saturated carbocycles. The summed E-state index contributed by atoms with van der Waals surface area (Å²) in [6.07, 6.45) is 3.38. The third-order valence-electron chi connectivity index (χ3n) is 3.44. The molecule has 0 fully saturated rings. The number of anilines is 1. The summed E-state index contributed by atoms with van der Waals surface area (Å²) in [5.74, 6) is 0.201. The molecule has 0 heterocycles. The first kappa shape index (κ1) is 20.5. The standard InChI is InChI=1S/C18H28N4O3/c1-5-6-7-11-14-25-18(24)20-16(21(2)3)22(4)17(23)19-15-12-9-8-10-13-15/h8-10,12-13H,5-7,11,14H2,1-4H3,(H,19,23)/b20-16-. The average molecular weight is 348 g/mol. The molecule has 0 aliphatic heterocycles. The molecule has 0 atom stereocenters. The van der Waals surface area contributed by atoms with Crippen LogP contribution in [0.3, 0.4) is 0 Å². The van der Waals surface area contributed by atoms with Gasteiger partial charge in [0, 0.05) is 26.8 Å². The molecule has 0 spiro atoms. The lowest BCUT2D eigenvalue weighted by molar-refractivity contribution is 0.154. The van der Waals surface area contributed by atoms with Crippen LogP contribution in [0.4, 0.5) is 15.3 Å². The first-order valence-electron chi connectivity index (χ1n) is 8.48. The van der Waals surface area contributed by atoms with Gasteiger partial charge in [-0.1, -0.05) is 44.4 Å². The predicted molar refractivity (Wildman–Crippen MR) is 99.8 cm³/mol. The topological polar surface area (TPSA) is 74.2 Å². The number of nitrogens with one attached hydrogen (secondary N) is 1. The van der Waals surface area contributed by atoms with Crippen LogP contribution < -0.4 is 5.32 Å². The van der Waals surface area contributed by atoms with Gasteiger partial charge in [-0.25, -0.2) is 9.59 Å². The van der Waals surface area contributed by atoms with Crippen LogP contribution in [-0.2, 0) is 4.74 Å². The minimum Gasteiger partial charge on any atom is -0.448 e. The van der Waals surface area contributed by atoms with Crippen molar-refractivity contribution >= 4 is 23.8 Å². The molecular weight excluding hydrogens is 320 g/mol. The molecular formula is C18H28N4O3. The summed E-state index contributed by atoms with van der Waals surface area (Å²) in [4.78, 5) is 31.0. The Labute approximate surface area is 149 Å². The Morgan fingerprint density at radius 3 is 2.36 bits per heavy atom.